The lowest BCUT2D eigenvalue weighted by Gasteiger charge is -2.36. The molecule has 1 aliphatic rings. The van der Waals surface area contributed by atoms with Crippen LogP contribution >= 0.6 is 11.8 Å². The third-order valence-corrected chi connectivity index (χ3v) is 4.88. The highest BCUT2D eigenvalue weighted by Gasteiger charge is 2.33. The molecule has 1 heterocycles. The molecule has 0 unspecified atom stereocenters. The van der Waals surface area contributed by atoms with Gasteiger partial charge in [0.25, 0.3) is 0 Å². The lowest BCUT2D eigenvalue weighted by Crippen LogP contribution is -2.34. The van der Waals surface area contributed by atoms with E-state index in [1.54, 1.807) is 0 Å². The molecule has 0 bridgehead atoms. The first kappa shape index (κ1) is 15.4. The van der Waals surface area contributed by atoms with Gasteiger partial charge in [-0.3, -0.25) is 4.79 Å². The molecule has 0 aliphatic heterocycles. The van der Waals surface area contributed by atoms with Crippen molar-refractivity contribution < 1.29 is 9.90 Å². The molecule has 2 rings (SSSR count). The summed E-state index contributed by atoms with van der Waals surface area (Å²) in [6, 6.07) is 0. The van der Waals surface area contributed by atoms with Crippen LogP contribution < -0.4 is 0 Å². The maximum absolute atomic E-state index is 10.8. The van der Waals surface area contributed by atoms with Gasteiger partial charge < -0.3 is 9.67 Å². The maximum Gasteiger partial charge on any atom is 0.313 e. The maximum atomic E-state index is 10.8. The number of hydrogen-bond acceptors (Lipinski definition) is 4. The highest BCUT2D eigenvalue weighted by Crippen LogP contribution is 2.38. The monoisotopic (exact) mass is 297 g/mol. The number of aromatic nitrogens is 3. The van der Waals surface area contributed by atoms with E-state index in [1.165, 1.54) is 31.0 Å². The summed E-state index contributed by atoms with van der Waals surface area (Å²) < 4.78 is 2.23. The number of carboxylic acids is 1. The van der Waals surface area contributed by atoms with E-state index in [0.29, 0.717) is 0 Å². The summed E-state index contributed by atoms with van der Waals surface area (Å²) in [7, 11) is 0. The van der Waals surface area contributed by atoms with Crippen molar-refractivity contribution in [3.63, 3.8) is 0 Å². The molecule has 5 nitrogen and oxygen atoms in total. The first-order chi connectivity index (χ1) is 9.57. The zero-order chi connectivity index (χ0) is 14.6. The van der Waals surface area contributed by atoms with E-state index in [0.717, 1.165) is 36.7 Å². The molecule has 0 atom stereocenters. The summed E-state index contributed by atoms with van der Waals surface area (Å²) in [5, 5.41) is 18.2. The van der Waals surface area contributed by atoms with Crippen LogP contribution in [-0.2, 0) is 16.8 Å². The summed E-state index contributed by atoms with van der Waals surface area (Å²) in [5.41, 5.74) is 0.0487. The minimum atomic E-state index is -0.810. The second-order valence-electron chi connectivity index (χ2n) is 5.72. The van der Waals surface area contributed by atoms with Crippen LogP contribution in [0.2, 0.25) is 0 Å². The number of aryl methyl sites for hydroxylation is 1. The van der Waals surface area contributed by atoms with E-state index >= 15 is 0 Å². The SMILES string of the molecule is CCCc1nnc(SCC(=O)O)n1C1(C)CCCCC1. The molecular formula is C14H23N3O2S. The van der Waals surface area contributed by atoms with Gasteiger partial charge in [-0.05, 0) is 26.2 Å². The van der Waals surface area contributed by atoms with Gasteiger partial charge in [0.05, 0.1) is 5.75 Å². The van der Waals surface area contributed by atoms with Gasteiger partial charge in [-0.15, -0.1) is 10.2 Å². The Morgan fingerprint density at radius 3 is 2.65 bits per heavy atom. The Labute approximate surface area is 124 Å². The van der Waals surface area contributed by atoms with Crippen LogP contribution in [0.3, 0.4) is 0 Å². The summed E-state index contributed by atoms with van der Waals surface area (Å²) in [4.78, 5) is 10.8. The lowest BCUT2D eigenvalue weighted by atomic mass is 9.83. The second kappa shape index (κ2) is 6.61. The number of nitrogens with zero attached hydrogens (tertiary/aromatic N) is 3. The fraction of sp³-hybridized carbons (Fsp3) is 0.786. The zero-order valence-corrected chi connectivity index (χ0v) is 13.1. The van der Waals surface area contributed by atoms with E-state index < -0.39 is 5.97 Å². The van der Waals surface area contributed by atoms with Crippen molar-refractivity contribution >= 4 is 17.7 Å². The summed E-state index contributed by atoms with van der Waals surface area (Å²) in [6.07, 6.45) is 7.92. The Hall–Kier alpha value is -1.04. The number of rotatable bonds is 6. The Balaban J connectivity index is 2.30. The number of carboxylic acid groups (broad SMARTS) is 1. The van der Waals surface area contributed by atoms with Crippen molar-refractivity contribution in [3.8, 4) is 0 Å². The predicted octanol–water partition coefficient (Wildman–Crippen LogP) is 3.09. The predicted molar refractivity (Wildman–Crippen MR) is 79.1 cm³/mol. The van der Waals surface area contributed by atoms with Crippen molar-refractivity contribution in [1.82, 2.24) is 14.8 Å². The molecule has 1 N–H and O–H groups in total. The third-order valence-electron chi connectivity index (χ3n) is 3.97. The summed E-state index contributed by atoms with van der Waals surface area (Å²) in [5.74, 6) is 0.237. The number of aliphatic carboxylic acids is 1. The lowest BCUT2D eigenvalue weighted by molar-refractivity contribution is -0.133. The normalized spacial score (nSPS) is 18.1. The first-order valence-electron chi connectivity index (χ1n) is 7.36. The molecule has 1 aliphatic carbocycles. The Bertz CT molecular complexity index is 467. The van der Waals surface area contributed by atoms with Crippen LogP contribution in [0.4, 0.5) is 0 Å². The molecule has 1 aromatic rings. The van der Waals surface area contributed by atoms with Crippen molar-refractivity contribution in [1.29, 1.82) is 0 Å². The van der Waals surface area contributed by atoms with Gasteiger partial charge in [0, 0.05) is 12.0 Å². The average molecular weight is 297 g/mol. The highest BCUT2D eigenvalue weighted by molar-refractivity contribution is 7.99. The van der Waals surface area contributed by atoms with E-state index in [9.17, 15) is 4.79 Å². The van der Waals surface area contributed by atoms with Crippen LogP contribution in [0.5, 0.6) is 0 Å². The largest absolute Gasteiger partial charge is 0.481 e. The second-order valence-corrected chi connectivity index (χ2v) is 6.67. The summed E-state index contributed by atoms with van der Waals surface area (Å²) >= 11 is 1.28. The van der Waals surface area contributed by atoms with E-state index in [1.807, 2.05) is 0 Å². The van der Waals surface area contributed by atoms with Gasteiger partial charge in [-0.1, -0.05) is 37.9 Å². The van der Waals surface area contributed by atoms with Crippen molar-refractivity contribution in [2.75, 3.05) is 5.75 Å². The molecule has 0 spiro atoms. The molecule has 6 heteroatoms. The smallest absolute Gasteiger partial charge is 0.313 e. The van der Waals surface area contributed by atoms with Crippen LogP contribution in [0.1, 0.15) is 58.2 Å². The first-order valence-corrected chi connectivity index (χ1v) is 8.35. The number of hydrogen-bond donors (Lipinski definition) is 1. The number of thioether (sulfide) groups is 1. The van der Waals surface area contributed by atoms with E-state index in [4.69, 9.17) is 5.11 Å². The topological polar surface area (TPSA) is 68.0 Å². The Kier molecular flexibility index (Phi) is 5.07. The minimum absolute atomic E-state index is 0.0420. The molecule has 0 radical (unpaired) electrons. The minimum Gasteiger partial charge on any atom is -0.481 e. The van der Waals surface area contributed by atoms with Gasteiger partial charge in [0.2, 0.25) is 0 Å². The molecular weight excluding hydrogens is 274 g/mol. The van der Waals surface area contributed by atoms with Gasteiger partial charge in [-0.25, -0.2) is 0 Å². The molecule has 20 heavy (non-hydrogen) atoms. The fourth-order valence-corrected chi connectivity index (χ4v) is 3.79. The average Bonchev–Trinajstić information content (AvgIpc) is 2.81. The van der Waals surface area contributed by atoms with E-state index in [2.05, 4.69) is 28.6 Å². The quantitative estimate of drug-likeness (QED) is 0.817. The standard InChI is InChI=1S/C14H23N3O2S/c1-3-7-11-15-16-13(20-10-12(18)19)17(11)14(2)8-5-4-6-9-14/h3-10H2,1-2H3,(H,18,19). The zero-order valence-electron chi connectivity index (χ0n) is 12.3. The van der Waals surface area contributed by atoms with Crippen LogP contribution in [0.25, 0.3) is 0 Å². The van der Waals surface area contributed by atoms with Gasteiger partial charge in [-0.2, -0.15) is 0 Å². The third kappa shape index (κ3) is 3.34. The highest BCUT2D eigenvalue weighted by atomic mass is 32.2. The van der Waals surface area contributed by atoms with E-state index in [-0.39, 0.29) is 11.3 Å². The molecule has 0 aromatic carbocycles. The van der Waals surface area contributed by atoms with Crippen molar-refractivity contribution in [2.45, 2.75) is 69.5 Å². The molecule has 112 valence electrons. The molecule has 0 saturated heterocycles. The van der Waals surface area contributed by atoms with Crippen molar-refractivity contribution in [2.24, 2.45) is 0 Å². The molecule has 1 aromatic heterocycles. The fourth-order valence-electron chi connectivity index (χ4n) is 2.98. The van der Waals surface area contributed by atoms with Crippen LogP contribution in [-0.4, -0.2) is 31.6 Å². The van der Waals surface area contributed by atoms with Crippen molar-refractivity contribution in [3.05, 3.63) is 5.82 Å². The summed E-state index contributed by atoms with van der Waals surface area (Å²) in [6.45, 7) is 4.39. The Morgan fingerprint density at radius 2 is 2.05 bits per heavy atom. The van der Waals surface area contributed by atoms with Crippen LogP contribution in [0.15, 0.2) is 5.16 Å². The molecule has 0 amide bonds. The molecule has 1 fully saturated rings. The van der Waals surface area contributed by atoms with Gasteiger partial charge >= 0.3 is 5.97 Å². The molecule has 1 saturated carbocycles. The Morgan fingerprint density at radius 1 is 1.35 bits per heavy atom. The van der Waals surface area contributed by atoms with Crippen LogP contribution in [0, 0.1) is 0 Å². The number of carbonyl (C=O) groups is 1. The van der Waals surface area contributed by atoms with Gasteiger partial charge in [0.15, 0.2) is 5.16 Å². The van der Waals surface area contributed by atoms with Gasteiger partial charge in [0.1, 0.15) is 5.82 Å².